The summed E-state index contributed by atoms with van der Waals surface area (Å²) < 4.78 is 4.29. The molecule has 0 bridgehead atoms. The third-order valence-corrected chi connectivity index (χ3v) is 1.38. The molecule has 0 aromatic heterocycles. The smallest absolute Gasteiger partial charge is 0.151 e. The van der Waals surface area contributed by atoms with Gasteiger partial charge in [-0.25, -0.2) is 0 Å². The first-order chi connectivity index (χ1) is 5.13. The molecule has 0 aromatic rings. The van der Waals surface area contributed by atoms with Gasteiger partial charge in [-0.3, -0.25) is 0 Å². The number of aldehydes is 1. The fraction of sp³-hybridized carbons (Fsp3) is 0.800. The summed E-state index contributed by atoms with van der Waals surface area (Å²) in [6, 6.07) is 0. The SMILES string of the molecule is O=C[C@H](O)[C@H](O)[C@H](O)COBr. The number of hydrogen-bond donors (Lipinski definition) is 3. The molecule has 0 unspecified atom stereocenters. The van der Waals surface area contributed by atoms with Gasteiger partial charge in [-0.1, -0.05) is 0 Å². The molecule has 0 rings (SSSR count). The monoisotopic (exact) mass is 228 g/mol. The Morgan fingerprint density at radius 1 is 1.45 bits per heavy atom. The van der Waals surface area contributed by atoms with E-state index in [0.717, 1.165) is 0 Å². The predicted octanol–water partition coefficient (Wildman–Crippen LogP) is -1.41. The summed E-state index contributed by atoms with van der Waals surface area (Å²) in [6.07, 6.45) is -4.23. The standard InChI is InChI=1S/C5H9BrO5/c6-11-2-4(9)5(10)3(8)1-7/h1,3-5,8-10H,2H2/t3-,4+,5-/m0/s1. The highest BCUT2D eigenvalue weighted by molar-refractivity contribution is 9.06. The van der Waals surface area contributed by atoms with Gasteiger partial charge in [-0.2, -0.15) is 0 Å². The van der Waals surface area contributed by atoms with Crippen molar-refractivity contribution in [3.63, 3.8) is 0 Å². The average Bonchev–Trinajstić information content (AvgIpc) is 2.02. The van der Waals surface area contributed by atoms with Gasteiger partial charge in [0.15, 0.2) is 6.29 Å². The first kappa shape index (κ1) is 11.0. The van der Waals surface area contributed by atoms with Crippen LogP contribution in [0.3, 0.4) is 0 Å². The molecule has 0 radical (unpaired) electrons. The minimum Gasteiger partial charge on any atom is -0.388 e. The van der Waals surface area contributed by atoms with Gasteiger partial charge in [0.05, 0.1) is 22.9 Å². The maximum Gasteiger partial charge on any atom is 0.151 e. The van der Waals surface area contributed by atoms with Crippen molar-refractivity contribution in [1.29, 1.82) is 0 Å². The number of aliphatic hydroxyl groups is 3. The Balaban J connectivity index is 3.79. The Bertz CT molecular complexity index is 119. The van der Waals surface area contributed by atoms with Crippen molar-refractivity contribution >= 4 is 22.5 Å². The van der Waals surface area contributed by atoms with Gasteiger partial charge >= 0.3 is 0 Å². The van der Waals surface area contributed by atoms with Gasteiger partial charge in [-0.15, -0.1) is 0 Å². The Kier molecular flexibility index (Phi) is 5.61. The zero-order valence-corrected chi connectivity index (χ0v) is 7.14. The van der Waals surface area contributed by atoms with E-state index in [9.17, 15) is 4.79 Å². The summed E-state index contributed by atoms with van der Waals surface area (Å²) in [5.41, 5.74) is 0. The highest BCUT2D eigenvalue weighted by Gasteiger charge is 2.23. The minimum absolute atomic E-state index is 0.141. The second-order valence-corrected chi connectivity index (χ2v) is 2.42. The summed E-state index contributed by atoms with van der Waals surface area (Å²) >= 11 is 2.55. The van der Waals surface area contributed by atoms with Crippen molar-refractivity contribution in [3.05, 3.63) is 0 Å². The van der Waals surface area contributed by atoms with Gasteiger partial charge < -0.3 is 23.9 Å². The maximum atomic E-state index is 9.88. The number of rotatable bonds is 5. The molecule has 0 spiro atoms. The number of hydrogen-bond acceptors (Lipinski definition) is 5. The number of carbonyl (C=O) groups excluding carboxylic acids is 1. The van der Waals surface area contributed by atoms with Gasteiger partial charge in [0.25, 0.3) is 0 Å². The molecule has 0 aromatic carbocycles. The summed E-state index contributed by atoms with van der Waals surface area (Å²) in [4.78, 5) is 9.88. The molecule has 3 N–H and O–H groups in total. The van der Waals surface area contributed by atoms with Crippen LogP contribution >= 0.6 is 16.3 Å². The van der Waals surface area contributed by atoms with Gasteiger partial charge in [0.1, 0.15) is 18.3 Å². The molecular formula is C5H9BrO5. The van der Waals surface area contributed by atoms with Crippen molar-refractivity contribution in [2.45, 2.75) is 18.3 Å². The molecule has 66 valence electrons. The summed E-state index contributed by atoms with van der Waals surface area (Å²) in [7, 11) is 0. The topological polar surface area (TPSA) is 87.0 Å². The van der Waals surface area contributed by atoms with Crippen LogP contribution in [0.5, 0.6) is 0 Å². The Hall–Kier alpha value is -0.01000. The Labute approximate surface area is 72.0 Å². The van der Waals surface area contributed by atoms with Crippen LogP contribution in [0.1, 0.15) is 0 Å². The van der Waals surface area contributed by atoms with E-state index in [4.69, 9.17) is 15.3 Å². The Morgan fingerprint density at radius 2 is 2.00 bits per heavy atom. The summed E-state index contributed by atoms with van der Waals surface area (Å²) in [5.74, 6) is 0. The van der Waals surface area contributed by atoms with Crippen LogP contribution in [0, 0.1) is 0 Å². The van der Waals surface area contributed by atoms with E-state index in [2.05, 4.69) is 20.1 Å². The molecule has 0 amide bonds. The van der Waals surface area contributed by atoms with Crippen LogP contribution in [0.4, 0.5) is 0 Å². The molecule has 0 heterocycles. The Morgan fingerprint density at radius 3 is 2.36 bits per heavy atom. The van der Waals surface area contributed by atoms with Crippen LogP contribution in [0.2, 0.25) is 0 Å². The predicted molar refractivity (Wildman–Crippen MR) is 39.0 cm³/mol. The van der Waals surface area contributed by atoms with Crippen LogP contribution in [-0.2, 0) is 8.62 Å². The fourth-order valence-corrected chi connectivity index (χ4v) is 0.742. The van der Waals surface area contributed by atoms with E-state index >= 15 is 0 Å². The zero-order chi connectivity index (χ0) is 8.85. The second kappa shape index (κ2) is 5.62. The number of halogens is 1. The summed E-state index contributed by atoms with van der Waals surface area (Å²) in [5, 5.41) is 26.5. The maximum absolute atomic E-state index is 9.88. The molecule has 11 heavy (non-hydrogen) atoms. The average molecular weight is 229 g/mol. The van der Waals surface area contributed by atoms with Crippen molar-refractivity contribution in [2.24, 2.45) is 0 Å². The molecule has 0 saturated heterocycles. The van der Waals surface area contributed by atoms with E-state index < -0.39 is 18.3 Å². The molecule has 0 aliphatic carbocycles. The van der Waals surface area contributed by atoms with Crippen LogP contribution in [0.15, 0.2) is 0 Å². The molecule has 0 aliphatic heterocycles. The number of carbonyl (C=O) groups is 1. The lowest BCUT2D eigenvalue weighted by Crippen LogP contribution is -2.40. The third-order valence-electron chi connectivity index (χ3n) is 1.12. The molecular weight excluding hydrogens is 220 g/mol. The van der Waals surface area contributed by atoms with Gasteiger partial charge in [-0.05, 0) is 0 Å². The van der Waals surface area contributed by atoms with Crippen LogP contribution < -0.4 is 0 Å². The van der Waals surface area contributed by atoms with E-state index in [0.29, 0.717) is 0 Å². The van der Waals surface area contributed by atoms with E-state index in [1.54, 1.807) is 0 Å². The normalized spacial score (nSPS) is 18.9. The summed E-state index contributed by atoms with van der Waals surface area (Å²) in [6.45, 7) is -0.202. The van der Waals surface area contributed by atoms with Crippen LogP contribution in [-0.4, -0.2) is 46.5 Å². The van der Waals surface area contributed by atoms with Gasteiger partial charge in [0.2, 0.25) is 0 Å². The first-order valence-corrected chi connectivity index (χ1v) is 3.51. The highest BCUT2D eigenvalue weighted by Crippen LogP contribution is 2.00. The van der Waals surface area contributed by atoms with Crippen molar-refractivity contribution in [2.75, 3.05) is 6.61 Å². The van der Waals surface area contributed by atoms with E-state index in [-0.39, 0.29) is 12.9 Å². The molecule has 0 fully saturated rings. The zero-order valence-electron chi connectivity index (χ0n) is 5.55. The lowest BCUT2D eigenvalue weighted by atomic mass is 10.1. The molecule has 6 heteroatoms. The van der Waals surface area contributed by atoms with Crippen molar-refractivity contribution < 1.29 is 23.9 Å². The third kappa shape index (κ3) is 3.78. The van der Waals surface area contributed by atoms with E-state index in [1.165, 1.54) is 0 Å². The minimum atomic E-state index is -1.58. The quantitative estimate of drug-likeness (QED) is 0.504. The first-order valence-electron chi connectivity index (χ1n) is 2.86. The highest BCUT2D eigenvalue weighted by atomic mass is 79.9. The van der Waals surface area contributed by atoms with E-state index in [1.807, 2.05) is 0 Å². The molecule has 0 saturated carbocycles. The van der Waals surface area contributed by atoms with Crippen molar-refractivity contribution in [1.82, 2.24) is 0 Å². The largest absolute Gasteiger partial charge is 0.388 e. The van der Waals surface area contributed by atoms with Crippen LogP contribution in [0.25, 0.3) is 0 Å². The molecule has 5 nitrogen and oxygen atoms in total. The van der Waals surface area contributed by atoms with Gasteiger partial charge in [0, 0.05) is 0 Å². The lowest BCUT2D eigenvalue weighted by molar-refractivity contribution is -0.127. The fourth-order valence-electron chi connectivity index (χ4n) is 0.471. The molecule has 0 aliphatic rings. The van der Waals surface area contributed by atoms with Crippen molar-refractivity contribution in [3.8, 4) is 0 Å². The lowest BCUT2D eigenvalue weighted by Gasteiger charge is -2.17. The molecule has 3 atom stereocenters. The second-order valence-electron chi connectivity index (χ2n) is 1.96. The number of aliphatic hydroxyl groups excluding tert-OH is 3.